The molecular weight excluding hydrogens is 530 g/mol. The molecule has 1 aromatic carbocycles. The monoisotopic (exact) mass is 579 g/mol. The first kappa shape index (κ1) is 31.0. The minimum absolute atomic E-state index is 0.00474. The quantitative estimate of drug-likeness (QED) is 0.153. The van der Waals surface area contributed by atoms with Crippen molar-refractivity contribution < 1.29 is 24.5 Å². The third-order valence-electron chi connectivity index (χ3n) is 12.7. The van der Waals surface area contributed by atoms with Crippen LogP contribution in [0.5, 0.6) is 0 Å². The first-order chi connectivity index (χ1) is 19.9. The summed E-state index contributed by atoms with van der Waals surface area (Å²) in [5, 5.41) is 27.4. The number of hydrogen-bond donors (Lipinski definition) is 2. The number of fused-ring (bicyclic) bond motifs is 5. The van der Waals surface area contributed by atoms with E-state index in [0.717, 1.165) is 49.7 Å². The Morgan fingerprint density at radius 3 is 2.50 bits per heavy atom. The summed E-state index contributed by atoms with van der Waals surface area (Å²) in [4.78, 5) is 28.5. The Morgan fingerprint density at radius 2 is 1.81 bits per heavy atom. The fraction of sp³-hybridized carbons (Fsp3) is 0.765. The van der Waals surface area contributed by atoms with Crippen LogP contribution in [0.4, 0.5) is 0 Å². The largest absolute Gasteiger partial charge is 0.454 e. The van der Waals surface area contributed by atoms with Crippen molar-refractivity contribution in [2.75, 3.05) is 6.61 Å². The van der Waals surface area contributed by atoms with Crippen LogP contribution in [0.15, 0.2) is 23.3 Å². The number of rotatable bonds is 8. The Labute approximate surface area is 250 Å². The van der Waals surface area contributed by atoms with E-state index >= 15 is 0 Å². The maximum absolute atomic E-state index is 12.8. The molecule has 4 fully saturated rings. The Kier molecular flexibility index (Phi) is 8.82. The number of nitrogens with zero attached hydrogens (tertiary/aromatic N) is 3. The van der Waals surface area contributed by atoms with Gasteiger partial charge >= 0.3 is 5.97 Å². The molecule has 0 aliphatic heterocycles. The Hall–Kier alpha value is -2.41. The third kappa shape index (κ3) is 5.28. The third-order valence-corrected chi connectivity index (χ3v) is 12.7. The molecule has 8 nitrogen and oxygen atoms in total. The lowest BCUT2D eigenvalue weighted by Gasteiger charge is -2.63. The SMILES string of the molecule is Cc1cccc(C)c1C(=O)OCC(=O)CC[C@@H](C)[C@H]1CC[C@H]2[C@@H]3[C@H](O)C[C@@H]4CC(N=[N+]=[N-])CC[C@]4(C)[C@H]3C[C@H](O)[C@]12C. The molecule has 0 radical (unpaired) electrons. The second-order valence-corrected chi connectivity index (χ2v) is 14.6. The lowest BCUT2D eigenvalue weighted by atomic mass is 9.43. The fourth-order valence-electron chi connectivity index (χ4n) is 10.3. The van der Waals surface area contributed by atoms with Gasteiger partial charge in [0.15, 0.2) is 5.78 Å². The molecule has 0 heterocycles. The van der Waals surface area contributed by atoms with Gasteiger partial charge in [-0.15, -0.1) is 0 Å². The summed E-state index contributed by atoms with van der Waals surface area (Å²) in [6, 6.07) is 5.64. The summed E-state index contributed by atoms with van der Waals surface area (Å²) in [5.74, 6) is 0.938. The summed E-state index contributed by atoms with van der Waals surface area (Å²) in [6.07, 6.45) is 6.27. The molecule has 8 heteroatoms. The van der Waals surface area contributed by atoms with Crippen molar-refractivity contribution >= 4 is 11.8 Å². The van der Waals surface area contributed by atoms with E-state index in [4.69, 9.17) is 10.3 Å². The topological polar surface area (TPSA) is 133 Å². The molecule has 230 valence electrons. The summed E-state index contributed by atoms with van der Waals surface area (Å²) < 4.78 is 5.40. The molecule has 1 unspecified atom stereocenters. The first-order valence-electron chi connectivity index (χ1n) is 16.1. The van der Waals surface area contributed by atoms with Crippen LogP contribution in [0.1, 0.15) is 100 Å². The predicted molar refractivity (Wildman–Crippen MR) is 161 cm³/mol. The van der Waals surface area contributed by atoms with E-state index in [1.54, 1.807) is 0 Å². The molecule has 0 aromatic heterocycles. The molecule has 4 saturated carbocycles. The molecule has 0 bridgehead atoms. The van der Waals surface area contributed by atoms with Crippen LogP contribution < -0.4 is 0 Å². The molecule has 5 rings (SSSR count). The molecule has 2 N–H and O–H groups in total. The van der Waals surface area contributed by atoms with Crippen molar-refractivity contribution in [1.82, 2.24) is 0 Å². The summed E-state index contributed by atoms with van der Waals surface area (Å²) in [7, 11) is 0. The van der Waals surface area contributed by atoms with Crippen LogP contribution in [0.3, 0.4) is 0 Å². The Morgan fingerprint density at radius 1 is 1.10 bits per heavy atom. The average Bonchev–Trinajstić information content (AvgIpc) is 3.30. The van der Waals surface area contributed by atoms with Gasteiger partial charge < -0.3 is 14.9 Å². The van der Waals surface area contributed by atoms with Crippen LogP contribution >= 0.6 is 0 Å². The zero-order valence-electron chi connectivity index (χ0n) is 26.0. The number of ketones is 1. The number of azide groups is 1. The maximum atomic E-state index is 12.8. The molecule has 11 atom stereocenters. The van der Waals surface area contributed by atoms with Crippen molar-refractivity contribution in [3.63, 3.8) is 0 Å². The van der Waals surface area contributed by atoms with Crippen LogP contribution in [0.25, 0.3) is 10.4 Å². The van der Waals surface area contributed by atoms with E-state index in [9.17, 15) is 19.8 Å². The summed E-state index contributed by atoms with van der Waals surface area (Å²) >= 11 is 0. The smallest absolute Gasteiger partial charge is 0.339 e. The van der Waals surface area contributed by atoms with Gasteiger partial charge in [0.1, 0.15) is 6.61 Å². The summed E-state index contributed by atoms with van der Waals surface area (Å²) in [6.45, 7) is 10.3. The average molecular weight is 580 g/mol. The minimum Gasteiger partial charge on any atom is -0.454 e. The van der Waals surface area contributed by atoms with E-state index in [0.29, 0.717) is 30.7 Å². The van der Waals surface area contributed by atoms with E-state index < -0.39 is 18.2 Å². The molecule has 4 aliphatic rings. The molecule has 1 aromatic rings. The number of hydrogen-bond acceptors (Lipinski definition) is 6. The standard InChI is InChI=1S/C34H49N3O5/c1-19(9-10-24(38)18-42-32(41)30-20(2)7-6-8-21(30)3)25-11-12-26-31-27(17-29(40)34(25,26)5)33(4)14-13-23(36-37-35)15-22(33)16-28(31)39/h6-8,19,22-23,25-29,31,39-40H,9-18H2,1-5H3/t19-,22+,23?,25-,26+,27+,28-,29+,31+,33+,34-/m1/s1. The molecule has 42 heavy (non-hydrogen) atoms. The van der Waals surface area contributed by atoms with Crippen molar-refractivity contribution in [3.8, 4) is 0 Å². The van der Waals surface area contributed by atoms with Gasteiger partial charge in [0.2, 0.25) is 0 Å². The number of carbonyl (C=O) groups is 2. The lowest BCUT2D eigenvalue weighted by molar-refractivity contribution is -0.202. The van der Waals surface area contributed by atoms with Gasteiger partial charge in [-0.1, -0.05) is 44.1 Å². The van der Waals surface area contributed by atoms with Gasteiger partial charge in [-0.3, -0.25) is 4.79 Å². The fourth-order valence-corrected chi connectivity index (χ4v) is 10.3. The van der Waals surface area contributed by atoms with Gasteiger partial charge in [-0.05, 0) is 128 Å². The molecule has 0 amide bonds. The van der Waals surface area contributed by atoms with Gasteiger partial charge in [-0.2, -0.15) is 0 Å². The maximum Gasteiger partial charge on any atom is 0.339 e. The number of esters is 1. The summed E-state index contributed by atoms with van der Waals surface area (Å²) in [5.41, 5.74) is 10.9. The van der Waals surface area contributed by atoms with Gasteiger partial charge in [0, 0.05) is 17.4 Å². The van der Waals surface area contributed by atoms with Crippen LogP contribution in [-0.4, -0.2) is 46.8 Å². The number of aliphatic hydroxyl groups excluding tert-OH is 2. The number of Topliss-reactive ketones (excluding diaryl/α,β-unsaturated/α-hetero) is 1. The lowest BCUT2D eigenvalue weighted by Crippen LogP contribution is -2.62. The molecule has 0 spiro atoms. The molecule has 0 saturated heterocycles. The van der Waals surface area contributed by atoms with Crippen molar-refractivity contribution in [2.24, 2.45) is 51.5 Å². The second kappa shape index (κ2) is 11.9. The number of ether oxygens (including phenoxy) is 1. The number of aryl methyl sites for hydroxylation is 2. The molecular formula is C34H49N3O5. The van der Waals surface area contributed by atoms with Crippen LogP contribution in [0, 0.1) is 60.2 Å². The van der Waals surface area contributed by atoms with Crippen LogP contribution in [-0.2, 0) is 9.53 Å². The van der Waals surface area contributed by atoms with E-state index in [1.165, 1.54) is 0 Å². The molecule has 4 aliphatic carbocycles. The first-order valence-corrected chi connectivity index (χ1v) is 16.1. The van der Waals surface area contributed by atoms with Gasteiger partial charge in [-0.25, -0.2) is 4.79 Å². The Balaban J connectivity index is 1.22. The number of carbonyl (C=O) groups excluding carboxylic acids is 2. The zero-order chi connectivity index (χ0) is 30.4. The van der Waals surface area contributed by atoms with Crippen molar-refractivity contribution in [2.45, 2.75) is 111 Å². The highest BCUT2D eigenvalue weighted by molar-refractivity contribution is 5.94. The number of aliphatic hydroxyl groups is 2. The minimum atomic E-state index is -0.453. The van der Waals surface area contributed by atoms with Crippen molar-refractivity contribution in [3.05, 3.63) is 45.3 Å². The normalized spacial score (nSPS) is 39.7. The van der Waals surface area contributed by atoms with E-state index in [2.05, 4.69) is 30.8 Å². The predicted octanol–water partition coefficient (Wildman–Crippen LogP) is 6.73. The van der Waals surface area contributed by atoms with Crippen molar-refractivity contribution in [1.29, 1.82) is 0 Å². The number of benzene rings is 1. The van der Waals surface area contributed by atoms with Gasteiger partial charge in [0.05, 0.1) is 17.8 Å². The highest BCUT2D eigenvalue weighted by Gasteiger charge is 2.65. The highest BCUT2D eigenvalue weighted by Crippen LogP contribution is 2.68. The van der Waals surface area contributed by atoms with E-state index in [-0.39, 0.29) is 58.9 Å². The zero-order valence-corrected chi connectivity index (χ0v) is 26.0. The Bertz CT molecular complexity index is 1230. The van der Waals surface area contributed by atoms with E-state index in [1.807, 2.05) is 32.0 Å². The van der Waals surface area contributed by atoms with Crippen LogP contribution in [0.2, 0.25) is 0 Å². The second-order valence-electron chi connectivity index (χ2n) is 14.6. The highest BCUT2D eigenvalue weighted by atomic mass is 16.5. The van der Waals surface area contributed by atoms with Gasteiger partial charge in [0.25, 0.3) is 0 Å².